The lowest BCUT2D eigenvalue weighted by atomic mass is 10.2. The Bertz CT molecular complexity index is 413. The maximum atomic E-state index is 5.31. The van der Waals surface area contributed by atoms with Crippen molar-refractivity contribution in [1.82, 2.24) is 25.3 Å². The van der Waals surface area contributed by atoms with Crippen LogP contribution in [0.2, 0.25) is 0 Å². The number of hydrogen-bond donors (Lipinski definition) is 1. The van der Waals surface area contributed by atoms with E-state index in [4.69, 9.17) is 4.52 Å². The molecule has 0 aromatic carbocycles. The van der Waals surface area contributed by atoms with Gasteiger partial charge < -0.3 is 9.84 Å². The quantitative estimate of drug-likeness (QED) is 0.845. The molecule has 3 heterocycles. The average molecular weight is 297 g/mol. The number of nitrogens with zero attached hydrogens (tertiary/aromatic N) is 4. The molecule has 0 radical (unpaired) electrons. The molecule has 6 nitrogen and oxygen atoms in total. The van der Waals surface area contributed by atoms with Crippen LogP contribution in [0.1, 0.15) is 18.1 Å². The van der Waals surface area contributed by atoms with E-state index < -0.39 is 0 Å². The van der Waals surface area contributed by atoms with Crippen molar-refractivity contribution in [3.63, 3.8) is 0 Å². The molecule has 0 saturated carbocycles. The van der Waals surface area contributed by atoms with Crippen molar-refractivity contribution in [3.8, 4) is 0 Å². The minimum atomic E-state index is 0.744. The first-order chi connectivity index (χ1) is 9.85. The highest BCUT2D eigenvalue weighted by Gasteiger charge is 2.26. The van der Waals surface area contributed by atoms with Gasteiger partial charge in [-0.05, 0) is 19.2 Å². The average Bonchev–Trinajstić information content (AvgIpc) is 3.12. The van der Waals surface area contributed by atoms with Crippen LogP contribution in [0.15, 0.2) is 4.52 Å². The molecule has 1 N–H and O–H groups in total. The fourth-order valence-corrected chi connectivity index (χ4v) is 3.35. The molecule has 1 atom stereocenters. The molecular weight excluding hydrogens is 274 g/mol. The molecule has 1 aromatic rings. The van der Waals surface area contributed by atoms with Crippen molar-refractivity contribution in [3.05, 3.63) is 11.7 Å². The van der Waals surface area contributed by atoms with Crippen molar-refractivity contribution in [2.45, 2.75) is 24.8 Å². The van der Waals surface area contributed by atoms with Crippen LogP contribution in [0.4, 0.5) is 0 Å². The standard InChI is InChI=1S/C13H23N5OS/c1-20-10-12-15-13(19-16-12)9-17-4-6-18(7-5-17)11-2-3-14-8-11/h11,14H,2-10H2,1H3/t11-/m0/s1. The van der Waals surface area contributed by atoms with Crippen LogP contribution in [0.5, 0.6) is 0 Å². The maximum absolute atomic E-state index is 5.31. The molecule has 3 rings (SSSR count). The zero-order chi connectivity index (χ0) is 13.8. The van der Waals surface area contributed by atoms with E-state index in [0.29, 0.717) is 0 Å². The molecule has 112 valence electrons. The van der Waals surface area contributed by atoms with E-state index >= 15 is 0 Å². The van der Waals surface area contributed by atoms with Gasteiger partial charge in [0.05, 0.1) is 12.3 Å². The van der Waals surface area contributed by atoms with E-state index in [1.807, 2.05) is 6.26 Å². The van der Waals surface area contributed by atoms with Gasteiger partial charge in [-0.15, -0.1) is 0 Å². The van der Waals surface area contributed by atoms with Crippen LogP contribution in [-0.2, 0) is 12.3 Å². The van der Waals surface area contributed by atoms with E-state index in [1.54, 1.807) is 11.8 Å². The molecule has 2 aliphatic rings. The highest BCUT2D eigenvalue weighted by atomic mass is 32.2. The second kappa shape index (κ2) is 6.89. The maximum Gasteiger partial charge on any atom is 0.240 e. The van der Waals surface area contributed by atoms with Gasteiger partial charge >= 0.3 is 0 Å². The van der Waals surface area contributed by atoms with Gasteiger partial charge in [-0.3, -0.25) is 9.80 Å². The Morgan fingerprint density at radius 3 is 2.90 bits per heavy atom. The minimum absolute atomic E-state index is 0.744. The van der Waals surface area contributed by atoms with Crippen molar-refractivity contribution in [1.29, 1.82) is 0 Å². The summed E-state index contributed by atoms with van der Waals surface area (Å²) < 4.78 is 5.31. The van der Waals surface area contributed by atoms with Crippen molar-refractivity contribution >= 4 is 11.8 Å². The molecule has 7 heteroatoms. The van der Waals surface area contributed by atoms with Crippen LogP contribution in [0.25, 0.3) is 0 Å². The van der Waals surface area contributed by atoms with E-state index in [2.05, 4.69) is 25.3 Å². The topological polar surface area (TPSA) is 57.4 Å². The van der Waals surface area contributed by atoms with Gasteiger partial charge in [-0.25, -0.2) is 0 Å². The lowest BCUT2D eigenvalue weighted by Crippen LogP contribution is -2.50. The number of thioether (sulfide) groups is 1. The Balaban J connectivity index is 1.45. The summed E-state index contributed by atoms with van der Waals surface area (Å²) in [6.07, 6.45) is 3.34. The Kier molecular flexibility index (Phi) is 4.93. The second-order valence-electron chi connectivity index (χ2n) is 5.50. The van der Waals surface area contributed by atoms with Crippen molar-refractivity contribution in [2.24, 2.45) is 0 Å². The smallest absolute Gasteiger partial charge is 0.240 e. The molecule has 1 aromatic heterocycles. The highest BCUT2D eigenvalue weighted by molar-refractivity contribution is 7.97. The SMILES string of the molecule is CSCc1noc(CN2CCN([C@H]3CCNC3)CC2)n1. The molecule has 0 aliphatic carbocycles. The number of hydrogen-bond acceptors (Lipinski definition) is 7. The van der Waals surface area contributed by atoms with E-state index in [1.165, 1.54) is 13.0 Å². The summed E-state index contributed by atoms with van der Waals surface area (Å²) in [5, 5.41) is 7.44. The van der Waals surface area contributed by atoms with Crippen LogP contribution in [-0.4, -0.2) is 71.5 Å². The third-order valence-electron chi connectivity index (χ3n) is 4.10. The first-order valence-electron chi connectivity index (χ1n) is 7.32. The fraction of sp³-hybridized carbons (Fsp3) is 0.846. The van der Waals surface area contributed by atoms with Gasteiger partial charge in [0.1, 0.15) is 0 Å². The molecule has 20 heavy (non-hydrogen) atoms. The first-order valence-corrected chi connectivity index (χ1v) is 8.72. The molecule has 0 spiro atoms. The van der Waals surface area contributed by atoms with Gasteiger partial charge in [0.25, 0.3) is 0 Å². The molecule has 2 saturated heterocycles. The molecule has 0 amide bonds. The van der Waals surface area contributed by atoms with Crippen LogP contribution in [0, 0.1) is 0 Å². The van der Waals surface area contributed by atoms with E-state index in [-0.39, 0.29) is 0 Å². The lowest BCUT2D eigenvalue weighted by Gasteiger charge is -2.37. The molecule has 2 fully saturated rings. The highest BCUT2D eigenvalue weighted by Crippen LogP contribution is 2.14. The monoisotopic (exact) mass is 297 g/mol. The number of piperazine rings is 1. The van der Waals surface area contributed by atoms with E-state index in [0.717, 1.165) is 62.8 Å². The summed E-state index contributed by atoms with van der Waals surface area (Å²) in [5.74, 6) is 2.39. The zero-order valence-electron chi connectivity index (χ0n) is 12.0. The number of aromatic nitrogens is 2. The normalized spacial score (nSPS) is 25.4. The third kappa shape index (κ3) is 3.52. The third-order valence-corrected chi connectivity index (χ3v) is 4.65. The Labute approximate surface area is 124 Å². The zero-order valence-corrected chi connectivity index (χ0v) is 12.9. The Morgan fingerprint density at radius 2 is 2.20 bits per heavy atom. The number of rotatable bonds is 5. The van der Waals surface area contributed by atoms with Gasteiger partial charge in [-0.2, -0.15) is 16.7 Å². The predicted molar refractivity (Wildman–Crippen MR) is 79.6 cm³/mol. The summed E-state index contributed by atoms with van der Waals surface area (Å²) in [6.45, 7) is 7.61. The van der Waals surface area contributed by atoms with Crippen molar-refractivity contribution in [2.75, 3.05) is 45.5 Å². The Morgan fingerprint density at radius 1 is 1.35 bits per heavy atom. The van der Waals surface area contributed by atoms with E-state index in [9.17, 15) is 0 Å². The molecule has 2 aliphatic heterocycles. The summed E-state index contributed by atoms with van der Waals surface area (Å²) in [4.78, 5) is 9.45. The number of nitrogens with one attached hydrogen (secondary N) is 1. The predicted octanol–water partition coefficient (Wildman–Crippen LogP) is 0.412. The first kappa shape index (κ1) is 14.3. The molecular formula is C13H23N5OS. The van der Waals surface area contributed by atoms with Gasteiger partial charge in [-0.1, -0.05) is 5.16 Å². The van der Waals surface area contributed by atoms with Crippen molar-refractivity contribution < 1.29 is 4.52 Å². The summed E-state index contributed by atoms with van der Waals surface area (Å²) in [5.41, 5.74) is 0. The van der Waals surface area contributed by atoms with Crippen LogP contribution < -0.4 is 5.32 Å². The molecule has 0 bridgehead atoms. The largest absolute Gasteiger partial charge is 0.338 e. The Hall–Kier alpha value is -0.630. The second-order valence-corrected chi connectivity index (χ2v) is 6.36. The summed E-state index contributed by atoms with van der Waals surface area (Å²) >= 11 is 1.72. The van der Waals surface area contributed by atoms with Gasteiger partial charge in [0, 0.05) is 38.8 Å². The summed E-state index contributed by atoms with van der Waals surface area (Å²) in [6, 6.07) is 0.744. The van der Waals surface area contributed by atoms with Gasteiger partial charge in [0.15, 0.2) is 5.82 Å². The minimum Gasteiger partial charge on any atom is -0.338 e. The van der Waals surface area contributed by atoms with Gasteiger partial charge in [0.2, 0.25) is 5.89 Å². The summed E-state index contributed by atoms with van der Waals surface area (Å²) in [7, 11) is 0. The molecule has 0 unspecified atom stereocenters. The lowest BCUT2D eigenvalue weighted by molar-refractivity contribution is 0.0908. The van der Waals surface area contributed by atoms with Crippen LogP contribution in [0.3, 0.4) is 0 Å². The fourth-order valence-electron chi connectivity index (χ4n) is 2.97. The van der Waals surface area contributed by atoms with Crippen LogP contribution >= 0.6 is 11.8 Å².